The van der Waals surface area contributed by atoms with E-state index in [1.165, 1.54) is 23.9 Å². The molecule has 38 heavy (non-hydrogen) atoms. The van der Waals surface area contributed by atoms with Gasteiger partial charge < -0.3 is 48.5 Å². The van der Waals surface area contributed by atoms with Crippen molar-refractivity contribution in [1.29, 1.82) is 0 Å². The Morgan fingerprint density at radius 3 is 2.03 bits per heavy atom. The Kier molecular flexibility index (Phi) is 14.6. The number of phenols is 1. The van der Waals surface area contributed by atoms with Crippen LogP contribution in [0.5, 0.6) is 5.75 Å². The van der Waals surface area contributed by atoms with E-state index >= 15 is 0 Å². The molecule has 3 amide bonds. The highest BCUT2D eigenvalue weighted by Crippen LogP contribution is 2.11. The van der Waals surface area contributed by atoms with Gasteiger partial charge in [0.05, 0.1) is 12.6 Å². The molecule has 1 aromatic carbocycles. The molecule has 4 atom stereocenters. The van der Waals surface area contributed by atoms with Crippen LogP contribution in [0.15, 0.2) is 29.3 Å². The molecule has 0 bridgehead atoms. The van der Waals surface area contributed by atoms with E-state index < -0.39 is 54.5 Å². The van der Waals surface area contributed by atoms with Gasteiger partial charge in [-0.25, -0.2) is 4.79 Å². The van der Waals surface area contributed by atoms with Gasteiger partial charge in [-0.15, -0.1) is 0 Å². The third-order valence-electron chi connectivity index (χ3n) is 5.35. The maximum Gasteiger partial charge on any atom is 0.328 e. The van der Waals surface area contributed by atoms with Crippen molar-refractivity contribution in [3.8, 4) is 5.75 Å². The second-order valence-corrected chi connectivity index (χ2v) is 9.40. The first-order valence-corrected chi connectivity index (χ1v) is 13.2. The van der Waals surface area contributed by atoms with Gasteiger partial charge in [0.25, 0.3) is 0 Å². The van der Waals surface area contributed by atoms with Crippen molar-refractivity contribution in [3.63, 3.8) is 0 Å². The first kappa shape index (κ1) is 32.5. The predicted octanol–water partition coefficient (Wildman–Crippen LogP) is -2.40. The topological polar surface area (TPSA) is 255 Å². The molecular formula is C23H37N7O7S. The van der Waals surface area contributed by atoms with Crippen LogP contribution in [-0.4, -0.2) is 94.3 Å². The zero-order valence-corrected chi connectivity index (χ0v) is 21.9. The third-order valence-corrected chi connectivity index (χ3v) is 5.99. The van der Waals surface area contributed by atoms with Gasteiger partial charge in [0.2, 0.25) is 17.7 Å². The van der Waals surface area contributed by atoms with Crippen LogP contribution in [-0.2, 0) is 25.6 Å². The van der Waals surface area contributed by atoms with E-state index in [1.807, 2.05) is 6.26 Å². The van der Waals surface area contributed by atoms with Crippen LogP contribution >= 0.6 is 11.8 Å². The number of carboxylic acid groups (broad SMARTS) is 1. The summed E-state index contributed by atoms with van der Waals surface area (Å²) in [6.07, 6.45) is 2.55. The Bertz CT molecular complexity index is 958. The molecule has 0 aromatic heterocycles. The summed E-state index contributed by atoms with van der Waals surface area (Å²) in [7, 11) is 0. The molecule has 0 heterocycles. The van der Waals surface area contributed by atoms with Crippen molar-refractivity contribution in [2.24, 2.45) is 22.2 Å². The van der Waals surface area contributed by atoms with Crippen LogP contribution in [0, 0.1) is 0 Å². The number of nitrogens with one attached hydrogen (secondary N) is 3. The van der Waals surface area contributed by atoms with Gasteiger partial charge in [0, 0.05) is 6.54 Å². The number of aliphatic carboxylic acids is 1. The summed E-state index contributed by atoms with van der Waals surface area (Å²) < 4.78 is 0. The van der Waals surface area contributed by atoms with E-state index in [0.29, 0.717) is 11.3 Å². The predicted molar refractivity (Wildman–Crippen MR) is 143 cm³/mol. The van der Waals surface area contributed by atoms with Crippen molar-refractivity contribution < 1.29 is 34.5 Å². The van der Waals surface area contributed by atoms with Crippen LogP contribution in [0.3, 0.4) is 0 Å². The monoisotopic (exact) mass is 555 g/mol. The quantitative estimate of drug-likeness (QED) is 0.0556. The molecular weight excluding hydrogens is 518 g/mol. The number of phenolic OH excluding ortho intramolecular Hbond substituents is 1. The van der Waals surface area contributed by atoms with Gasteiger partial charge >= 0.3 is 5.97 Å². The number of rotatable bonds is 17. The molecule has 0 aliphatic rings. The highest BCUT2D eigenvalue weighted by molar-refractivity contribution is 7.98. The highest BCUT2D eigenvalue weighted by Gasteiger charge is 2.30. The first-order valence-electron chi connectivity index (χ1n) is 11.8. The number of nitrogens with two attached hydrogens (primary N) is 3. The van der Waals surface area contributed by atoms with E-state index in [2.05, 4.69) is 20.9 Å². The van der Waals surface area contributed by atoms with Gasteiger partial charge in [0.15, 0.2) is 5.96 Å². The molecule has 0 aliphatic heterocycles. The van der Waals surface area contributed by atoms with E-state index in [-0.39, 0.29) is 43.9 Å². The van der Waals surface area contributed by atoms with Crippen molar-refractivity contribution in [3.05, 3.63) is 29.8 Å². The third kappa shape index (κ3) is 12.1. The maximum absolute atomic E-state index is 13.1. The van der Waals surface area contributed by atoms with Crippen molar-refractivity contribution in [1.82, 2.24) is 16.0 Å². The Morgan fingerprint density at radius 2 is 1.50 bits per heavy atom. The lowest BCUT2D eigenvalue weighted by Gasteiger charge is -2.25. The Morgan fingerprint density at radius 1 is 0.947 bits per heavy atom. The minimum Gasteiger partial charge on any atom is -0.508 e. The summed E-state index contributed by atoms with van der Waals surface area (Å²) in [5, 5.41) is 35.1. The Hall–Kier alpha value is -3.56. The van der Waals surface area contributed by atoms with Crippen LogP contribution in [0.25, 0.3) is 0 Å². The number of aliphatic hydroxyl groups excluding tert-OH is 1. The molecule has 1 aromatic rings. The normalized spacial score (nSPS) is 13.9. The van der Waals surface area contributed by atoms with Crippen molar-refractivity contribution in [2.75, 3.05) is 25.2 Å². The van der Waals surface area contributed by atoms with Gasteiger partial charge in [-0.1, -0.05) is 12.1 Å². The molecule has 15 heteroatoms. The second-order valence-electron chi connectivity index (χ2n) is 8.41. The molecule has 0 fully saturated rings. The first-order chi connectivity index (χ1) is 18.0. The number of hydrogen-bond acceptors (Lipinski definition) is 9. The summed E-state index contributed by atoms with van der Waals surface area (Å²) in [5.41, 5.74) is 17.3. The average molecular weight is 556 g/mol. The van der Waals surface area contributed by atoms with Gasteiger partial charge in [0.1, 0.15) is 23.9 Å². The molecule has 0 saturated heterocycles. The van der Waals surface area contributed by atoms with Crippen molar-refractivity contribution in [2.45, 2.75) is 49.9 Å². The molecule has 0 radical (unpaired) electrons. The Labute approximate surface area is 224 Å². The molecule has 0 spiro atoms. The van der Waals surface area contributed by atoms with E-state index in [0.717, 1.165) is 0 Å². The molecule has 0 aliphatic carbocycles. The van der Waals surface area contributed by atoms with Gasteiger partial charge in [-0.3, -0.25) is 19.4 Å². The average Bonchev–Trinajstić information content (AvgIpc) is 2.87. The molecule has 14 nitrogen and oxygen atoms in total. The minimum absolute atomic E-state index is 0.0513. The van der Waals surface area contributed by atoms with E-state index in [9.17, 15) is 29.4 Å². The zero-order valence-electron chi connectivity index (χ0n) is 21.1. The van der Waals surface area contributed by atoms with Gasteiger partial charge in [-0.2, -0.15) is 11.8 Å². The van der Waals surface area contributed by atoms with E-state index in [4.69, 9.17) is 22.3 Å². The number of carbonyl (C=O) groups excluding carboxylic acids is 3. The van der Waals surface area contributed by atoms with Crippen LogP contribution in [0.2, 0.25) is 0 Å². The number of thioether (sulfide) groups is 1. The number of nitrogens with zero attached hydrogens (tertiary/aromatic N) is 1. The largest absolute Gasteiger partial charge is 0.508 e. The molecule has 4 unspecified atom stereocenters. The zero-order chi connectivity index (χ0) is 28.7. The number of carboxylic acids is 1. The number of aliphatic imine (C=N–C) groups is 1. The van der Waals surface area contributed by atoms with Gasteiger partial charge in [-0.05, 0) is 55.4 Å². The number of benzene rings is 1. The second kappa shape index (κ2) is 17.0. The fourth-order valence-electron chi connectivity index (χ4n) is 3.26. The number of aromatic hydroxyl groups is 1. The number of hydrogen-bond donors (Lipinski definition) is 9. The number of guanidine groups is 1. The number of aliphatic hydroxyl groups is 1. The fraction of sp³-hybridized carbons (Fsp3) is 0.522. The molecule has 0 saturated carbocycles. The number of amides is 3. The molecule has 212 valence electrons. The maximum atomic E-state index is 13.1. The Balaban J connectivity index is 2.96. The van der Waals surface area contributed by atoms with Crippen molar-refractivity contribution >= 4 is 41.4 Å². The fourth-order valence-corrected chi connectivity index (χ4v) is 3.74. The van der Waals surface area contributed by atoms with E-state index in [1.54, 1.807) is 12.1 Å². The number of carbonyl (C=O) groups is 4. The lowest BCUT2D eigenvalue weighted by Crippen LogP contribution is -2.57. The standard InChI is InChI=1S/C23H37N7O7S/c1-38-10-8-17(28-19(33)15(24)11-13-4-6-14(32)7-5-13)21(35)29-16(3-2-9-27-23(25)26)20(34)30-18(12-31)22(36)37/h4-7,15-18,31-32H,2-3,8-12,24H2,1H3,(H,28,33)(H,29,35)(H,30,34)(H,36,37)(H4,25,26,27). The minimum atomic E-state index is -1.57. The smallest absolute Gasteiger partial charge is 0.328 e. The summed E-state index contributed by atoms with van der Waals surface area (Å²) in [6, 6.07) is 1.43. The SMILES string of the molecule is CSCCC(NC(=O)C(N)Cc1ccc(O)cc1)C(=O)NC(CCCN=C(N)N)C(=O)NC(CO)C(=O)O. The lowest BCUT2D eigenvalue weighted by molar-refractivity contribution is -0.143. The van der Waals surface area contributed by atoms with Crippen LogP contribution in [0.1, 0.15) is 24.8 Å². The molecule has 12 N–H and O–H groups in total. The van der Waals surface area contributed by atoms with Crippen LogP contribution < -0.4 is 33.2 Å². The van der Waals surface area contributed by atoms with Crippen LogP contribution in [0.4, 0.5) is 0 Å². The lowest BCUT2D eigenvalue weighted by atomic mass is 10.0. The summed E-state index contributed by atoms with van der Waals surface area (Å²) >= 11 is 1.45. The summed E-state index contributed by atoms with van der Waals surface area (Å²) in [4.78, 5) is 53.7. The molecule has 1 rings (SSSR count). The summed E-state index contributed by atoms with van der Waals surface area (Å²) in [6.45, 7) is -0.690. The summed E-state index contributed by atoms with van der Waals surface area (Å²) in [5.74, 6) is -3.08. The highest BCUT2D eigenvalue weighted by atomic mass is 32.2.